The first-order valence-corrected chi connectivity index (χ1v) is 7.34. The average molecular weight is 295 g/mol. The summed E-state index contributed by atoms with van der Waals surface area (Å²) in [4.78, 5) is 16.3. The van der Waals surface area contributed by atoms with Crippen LogP contribution in [0.2, 0.25) is 0 Å². The molecule has 3 rings (SSSR count). The second-order valence-corrected chi connectivity index (χ2v) is 5.00. The maximum atomic E-state index is 12.0. The van der Waals surface area contributed by atoms with E-state index in [1.807, 2.05) is 24.3 Å². The molecule has 0 spiro atoms. The number of hydrogen-bond acceptors (Lipinski definition) is 4. The first kappa shape index (κ1) is 14.2. The molecule has 1 N–H and O–H groups in total. The molecule has 2 aromatic heterocycles. The molecule has 0 unspecified atom stereocenters. The van der Waals surface area contributed by atoms with Crippen molar-refractivity contribution in [1.82, 2.24) is 25.3 Å². The van der Waals surface area contributed by atoms with Crippen LogP contribution in [0.3, 0.4) is 0 Å². The summed E-state index contributed by atoms with van der Waals surface area (Å²) in [5.41, 5.74) is 2.90. The molecule has 0 aliphatic carbocycles. The number of carbonyl (C=O) groups is 1. The molecular formula is C16H17N5O. The Balaban J connectivity index is 1.81. The summed E-state index contributed by atoms with van der Waals surface area (Å²) in [6.07, 6.45) is 3.75. The van der Waals surface area contributed by atoms with Gasteiger partial charge in [0.2, 0.25) is 0 Å². The number of rotatable bonds is 5. The molecule has 0 fully saturated rings. The normalized spacial score (nSPS) is 10.8. The standard InChI is InChI=1S/C16H17N5O/c1-2-3-10-18-16(22)12-6-8-13(9-7-12)21-15-14(19-20-21)5-4-11-17-15/h4-9,11H,2-3,10H2,1H3,(H,18,22). The lowest BCUT2D eigenvalue weighted by molar-refractivity contribution is 0.0953. The lowest BCUT2D eigenvalue weighted by Crippen LogP contribution is -2.24. The van der Waals surface area contributed by atoms with Crippen LogP contribution in [0.15, 0.2) is 42.6 Å². The fraction of sp³-hybridized carbons (Fsp3) is 0.250. The van der Waals surface area contributed by atoms with E-state index < -0.39 is 0 Å². The molecule has 0 atom stereocenters. The van der Waals surface area contributed by atoms with Crippen molar-refractivity contribution < 1.29 is 4.79 Å². The van der Waals surface area contributed by atoms with Crippen LogP contribution >= 0.6 is 0 Å². The van der Waals surface area contributed by atoms with Gasteiger partial charge in [-0.1, -0.05) is 18.6 Å². The van der Waals surface area contributed by atoms with E-state index in [1.54, 1.807) is 23.0 Å². The van der Waals surface area contributed by atoms with Crippen LogP contribution < -0.4 is 5.32 Å². The maximum absolute atomic E-state index is 12.0. The van der Waals surface area contributed by atoms with Crippen molar-refractivity contribution in [3.8, 4) is 5.69 Å². The number of fused-ring (bicyclic) bond motifs is 1. The Morgan fingerprint density at radius 3 is 2.82 bits per heavy atom. The number of unbranched alkanes of at least 4 members (excludes halogenated alkanes) is 1. The van der Waals surface area contributed by atoms with Crippen molar-refractivity contribution in [2.24, 2.45) is 0 Å². The summed E-state index contributed by atoms with van der Waals surface area (Å²) < 4.78 is 1.66. The zero-order chi connectivity index (χ0) is 15.4. The zero-order valence-electron chi connectivity index (χ0n) is 12.4. The van der Waals surface area contributed by atoms with E-state index in [9.17, 15) is 4.79 Å². The topological polar surface area (TPSA) is 72.7 Å². The van der Waals surface area contributed by atoms with Crippen LogP contribution in [0.1, 0.15) is 30.1 Å². The van der Waals surface area contributed by atoms with Crippen molar-refractivity contribution >= 4 is 17.1 Å². The molecule has 1 aromatic carbocycles. The van der Waals surface area contributed by atoms with Gasteiger partial charge in [0.1, 0.15) is 5.52 Å². The van der Waals surface area contributed by atoms with E-state index in [-0.39, 0.29) is 5.91 Å². The minimum atomic E-state index is -0.0541. The van der Waals surface area contributed by atoms with Crippen LogP contribution in [0, 0.1) is 0 Å². The number of amides is 1. The highest BCUT2D eigenvalue weighted by molar-refractivity contribution is 5.94. The van der Waals surface area contributed by atoms with E-state index >= 15 is 0 Å². The Morgan fingerprint density at radius 1 is 1.23 bits per heavy atom. The van der Waals surface area contributed by atoms with E-state index in [2.05, 4.69) is 27.5 Å². The molecule has 6 nitrogen and oxygen atoms in total. The monoisotopic (exact) mass is 295 g/mol. The summed E-state index contributed by atoms with van der Waals surface area (Å²) in [7, 11) is 0. The van der Waals surface area contributed by atoms with Gasteiger partial charge in [-0.05, 0) is 42.8 Å². The molecule has 6 heteroatoms. The Bertz CT molecular complexity index is 779. The Hall–Kier alpha value is -2.76. The first-order chi connectivity index (χ1) is 10.8. The van der Waals surface area contributed by atoms with Crippen LogP contribution in [0.25, 0.3) is 16.9 Å². The minimum Gasteiger partial charge on any atom is -0.352 e. The van der Waals surface area contributed by atoms with Crippen molar-refractivity contribution in [2.75, 3.05) is 6.54 Å². The lowest BCUT2D eigenvalue weighted by Gasteiger charge is -2.06. The SMILES string of the molecule is CCCCNC(=O)c1ccc(-n2nnc3cccnc32)cc1. The molecule has 0 aliphatic rings. The number of pyridine rings is 1. The molecule has 2 heterocycles. The van der Waals surface area contributed by atoms with Crippen LogP contribution in [-0.2, 0) is 0 Å². The quantitative estimate of drug-likeness (QED) is 0.733. The minimum absolute atomic E-state index is 0.0541. The summed E-state index contributed by atoms with van der Waals surface area (Å²) in [5, 5.41) is 11.1. The Kier molecular flexibility index (Phi) is 4.09. The number of nitrogens with zero attached hydrogens (tertiary/aromatic N) is 4. The summed E-state index contributed by atoms with van der Waals surface area (Å²) >= 11 is 0. The van der Waals surface area contributed by atoms with Crippen molar-refractivity contribution in [3.63, 3.8) is 0 Å². The Morgan fingerprint density at radius 2 is 2.05 bits per heavy atom. The van der Waals surface area contributed by atoms with Crippen LogP contribution in [0.4, 0.5) is 0 Å². The third-order valence-corrected chi connectivity index (χ3v) is 3.40. The highest BCUT2D eigenvalue weighted by atomic mass is 16.1. The molecule has 112 valence electrons. The average Bonchev–Trinajstić information content (AvgIpc) is 2.99. The van der Waals surface area contributed by atoms with Gasteiger partial charge in [0.05, 0.1) is 5.69 Å². The second-order valence-electron chi connectivity index (χ2n) is 5.00. The van der Waals surface area contributed by atoms with Gasteiger partial charge in [0.25, 0.3) is 5.91 Å². The summed E-state index contributed by atoms with van der Waals surface area (Å²) in [6, 6.07) is 10.9. The highest BCUT2D eigenvalue weighted by Crippen LogP contribution is 2.14. The van der Waals surface area contributed by atoms with Gasteiger partial charge in [-0.2, -0.15) is 4.68 Å². The molecule has 1 amide bonds. The van der Waals surface area contributed by atoms with E-state index in [0.29, 0.717) is 17.8 Å². The molecule has 0 bridgehead atoms. The number of aromatic nitrogens is 4. The number of carbonyl (C=O) groups excluding carboxylic acids is 1. The largest absolute Gasteiger partial charge is 0.352 e. The molecule has 22 heavy (non-hydrogen) atoms. The highest BCUT2D eigenvalue weighted by Gasteiger charge is 2.09. The van der Waals surface area contributed by atoms with Gasteiger partial charge >= 0.3 is 0 Å². The third kappa shape index (κ3) is 2.81. The van der Waals surface area contributed by atoms with Gasteiger partial charge in [-0.15, -0.1) is 5.10 Å². The summed E-state index contributed by atoms with van der Waals surface area (Å²) in [5.74, 6) is -0.0541. The molecule has 0 aliphatic heterocycles. The van der Waals surface area contributed by atoms with E-state index in [0.717, 1.165) is 24.0 Å². The van der Waals surface area contributed by atoms with Crippen LogP contribution in [-0.4, -0.2) is 32.4 Å². The number of benzene rings is 1. The lowest BCUT2D eigenvalue weighted by atomic mass is 10.2. The molecule has 0 saturated carbocycles. The van der Waals surface area contributed by atoms with Gasteiger partial charge < -0.3 is 5.32 Å². The third-order valence-electron chi connectivity index (χ3n) is 3.40. The fourth-order valence-electron chi connectivity index (χ4n) is 2.17. The molecule has 0 radical (unpaired) electrons. The van der Waals surface area contributed by atoms with Gasteiger partial charge in [0, 0.05) is 18.3 Å². The second kappa shape index (κ2) is 6.34. The van der Waals surface area contributed by atoms with Crippen LogP contribution in [0.5, 0.6) is 0 Å². The maximum Gasteiger partial charge on any atom is 0.251 e. The molecule has 0 saturated heterocycles. The van der Waals surface area contributed by atoms with Gasteiger partial charge in [-0.25, -0.2) is 4.98 Å². The van der Waals surface area contributed by atoms with E-state index in [4.69, 9.17) is 0 Å². The van der Waals surface area contributed by atoms with Crippen molar-refractivity contribution in [1.29, 1.82) is 0 Å². The van der Waals surface area contributed by atoms with Gasteiger partial charge in [-0.3, -0.25) is 4.79 Å². The summed E-state index contributed by atoms with van der Waals surface area (Å²) in [6.45, 7) is 2.80. The predicted octanol–water partition coefficient (Wildman–Crippen LogP) is 2.35. The fourth-order valence-corrected chi connectivity index (χ4v) is 2.17. The molecular weight excluding hydrogens is 278 g/mol. The van der Waals surface area contributed by atoms with Crippen molar-refractivity contribution in [2.45, 2.75) is 19.8 Å². The van der Waals surface area contributed by atoms with Gasteiger partial charge in [0.15, 0.2) is 5.65 Å². The van der Waals surface area contributed by atoms with Crippen molar-refractivity contribution in [3.05, 3.63) is 48.2 Å². The van der Waals surface area contributed by atoms with E-state index in [1.165, 1.54) is 0 Å². The number of nitrogens with one attached hydrogen (secondary N) is 1. The first-order valence-electron chi connectivity index (χ1n) is 7.34. The smallest absolute Gasteiger partial charge is 0.251 e. The number of hydrogen-bond donors (Lipinski definition) is 1. The zero-order valence-corrected chi connectivity index (χ0v) is 12.4. The molecule has 3 aromatic rings. The Labute approximate surface area is 128 Å². The predicted molar refractivity (Wildman–Crippen MR) is 83.9 cm³/mol.